The predicted molar refractivity (Wildman–Crippen MR) is 59.5 cm³/mol. The van der Waals surface area contributed by atoms with Gasteiger partial charge in [-0.1, -0.05) is 0 Å². The number of H-pyrrole nitrogens is 1. The molecular formula is C10H13N5O3. The lowest BCUT2D eigenvalue weighted by atomic mass is 9.89. The van der Waals surface area contributed by atoms with E-state index in [1.807, 2.05) is 0 Å². The summed E-state index contributed by atoms with van der Waals surface area (Å²) in [6.45, 7) is 0. The zero-order valence-electron chi connectivity index (χ0n) is 9.54. The molecule has 2 bridgehead atoms. The molecule has 96 valence electrons. The molecule has 3 rings (SSSR count). The molecular weight excluding hydrogens is 238 g/mol. The second-order valence-electron chi connectivity index (χ2n) is 4.73. The quantitative estimate of drug-likeness (QED) is 0.648. The summed E-state index contributed by atoms with van der Waals surface area (Å²) in [6, 6.07) is -0.235. The summed E-state index contributed by atoms with van der Waals surface area (Å²) >= 11 is 0. The molecule has 18 heavy (non-hydrogen) atoms. The van der Waals surface area contributed by atoms with E-state index in [2.05, 4.69) is 15.2 Å². The lowest BCUT2D eigenvalue weighted by Gasteiger charge is -2.21. The Balaban J connectivity index is 1.85. The van der Waals surface area contributed by atoms with Crippen molar-refractivity contribution in [1.29, 1.82) is 0 Å². The predicted octanol–water partition coefficient (Wildman–Crippen LogP) is -0.535. The van der Waals surface area contributed by atoms with Gasteiger partial charge in [0.1, 0.15) is 0 Å². The maximum atomic E-state index is 12.2. The summed E-state index contributed by atoms with van der Waals surface area (Å²) in [7, 11) is 0. The first-order valence-electron chi connectivity index (χ1n) is 5.81. The van der Waals surface area contributed by atoms with Gasteiger partial charge in [-0.25, -0.2) is 0 Å². The minimum absolute atomic E-state index is 0.00470. The summed E-state index contributed by atoms with van der Waals surface area (Å²) in [5.41, 5.74) is 5.36. The van der Waals surface area contributed by atoms with Crippen molar-refractivity contribution in [3.63, 3.8) is 0 Å². The van der Waals surface area contributed by atoms with E-state index < -0.39 is 11.9 Å². The number of carbonyl (C=O) groups is 2. The molecule has 4 N–H and O–H groups in total. The van der Waals surface area contributed by atoms with Crippen LogP contribution in [0.15, 0.2) is 0 Å². The molecule has 0 radical (unpaired) electrons. The highest BCUT2D eigenvalue weighted by Gasteiger charge is 2.51. The summed E-state index contributed by atoms with van der Waals surface area (Å²) in [5.74, 6) is -1.52. The Kier molecular flexibility index (Phi) is 2.25. The fourth-order valence-electron chi connectivity index (χ4n) is 3.06. The zero-order chi connectivity index (χ0) is 12.9. The third-order valence-electron chi connectivity index (χ3n) is 3.79. The molecule has 3 heterocycles. The van der Waals surface area contributed by atoms with Crippen molar-refractivity contribution in [2.45, 2.75) is 31.3 Å². The van der Waals surface area contributed by atoms with Crippen LogP contribution in [-0.4, -0.2) is 49.1 Å². The lowest BCUT2D eigenvalue weighted by molar-refractivity contribution is -0.142. The third kappa shape index (κ3) is 1.45. The molecule has 0 aromatic carbocycles. The van der Waals surface area contributed by atoms with Crippen LogP contribution < -0.4 is 5.73 Å². The van der Waals surface area contributed by atoms with Gasteiger partial charge in [-0.05, 0) is 19.3 Å². The molecule has 3 unspecified atom stereocenters. The van der Waals surface area contributed by atoms with Crippen molar-refractivity contribution < 1.29 is 14.7 Å². The van der Waals surface area contributed by atoms with Gasteiger partial charge in [-0.2, -0.15) is 4.98 Å². The number of fused-ring (bicyclic) bond motifs is 2. The molecule has 1 aromatic heterocycles. The summed E-state index contributed by atoms with van der Waals surface area (Å²) in [4.78, 5) is 28.8. The summed E-state index contributed by atoms with van der Waals surface area (Å²) < 4.78 is 0. The lowest BCUT2D eigenvalue weighted by Crippen LogP contribution is -2.38. The number of carboxylic acids is 1. The molecule has 2 aliphatic rings. The van der Waals surface area contributed by atoms with Crippen LogP contribution in [0.3, 0.4) is 0 Å². The highest BCUT2D eigenvalue weighted by molar-refractivity contribution is 5.92. The van der Waals surface area contributed by atoms with Gasteiger partial charge < -0.3 is 15.7 Å². The average molecular weight is 251 g/mol. The Labute approximate surface area is 102 Å². The van der Waals surface area contributed by atoms with Gasteiger partial charge in [0.2, 0.25) is 11.8 Å². The van der Waals surface area contributed by atoms with Gasteiger partial charge in [-0.15, -0.1) is 5.10 Å². The van der Waals surface area contributed by atoms with E-state index in [0.717, 1.165) is 12.8 Å². The fraction of sp³-hybridized carbons (Fsp3) is 0.600. The van der Waals surface area contributed by atoms with Crippen LogP contribution in [0.4, 0.5) is 5.95 Å². The standard InChI is InChI=1S/C10H13N5O3/c11-10-12-7(13-14-10)8(16)15-4-1-2-6(15)5(3-4)9(17)18/h4-6H,1-3H2,(H,17,18)(H3,11,12,13,14). The number of aromatic amines is 1. The largest absolute Gasteiger partial charge is 0.481 e. The Morgan fingerprint density at radius 1 is 1.44 bits per heavy atom. The number of rotatable bonds is 2. The summed E-state index contributed by atoms with van der Waals surface area (Å²) in [5, 5.41) is 15.2. The van der Waals surface area contributed by atoms with Crippen molar-refractivity contribution >= 4 is 17.8 Å². The SMILES string of the molecule is Nc1n[nH]c(C(=O)N2C3CCC2C(C(=O)O)C3)n1. The van der Waals surface area contributed by atoms with E-state index in [-0.39, 0.29) is 29.8 Å². The van der Waals surface area contributed by atoms with E-state index in [0.29, 0.717) is 6.42 Å². The minimum Gasteiger partial charge on any atom is -0.481 e. The molecule has 0 spiro atoms. The Bertz CT molecular complexity index is 513. The van der Waals surface area contributed by atoms with E-state index in [9.17, 15) is 9.59 Å². The molecule has 3 atom stereocenters. The van der Waals surface area contributed by atoms with E-state index in [4.69, 9.17) is 10.8 Å². The topological polar surface area (TPSA) is 125 Å². The van der Waals surface area contributed by atoms with E-state index >= 15 is 0 Å². The van der Waals surface area contributed by atoms with Crippen LogP contribution >= 0.6 is 0 Å². The molecule has 0 aliphatic carbocycles. The third-order valence-corrected chi connectivity index (χ3v) is 3.79. The second kappa shape index (κ2) is 3.69. The van der Waals surface area contributed by atoms with Crippen LogP contribution in [-0.2, 0) is 4.79 Å². The number of hydrogen-bond acceptors (Lipinski definition) is 5. The molecule has 8 heteroatoms. The first-order valence-corrected chi connectivity index (χ1v) is 5.81. The van der Waals surface area contributed by atoms with Gasteiger partial charge in [0.25, 0.3) is 5.91 Å². The van der Waals surface area contributed by atoms with E-state index in [1.165, 1.54) is 0 Å². The monoisotopic (exact) mass is 251 g/mol. The van der Waals surface area contributed by atoms with Crippen LogP contribution in [0, 0.1) is 5.92 Å². The fourth-order valence-corrected chi connectivity index (χ4v) is 3.06. The highest BCUT2D eigenvalue weighted by Crippen LogP contribution is 2.42. The number of nitrogens with two attached hydrogens (primary N) is 1. The maximum Gasteiger partial charge on any atom is 0.308 e. The van der Waals surface area contributed by atoms with Gasteiger partial charge >= 0.3 is 5.97 Å². The average Bonchev–Trinajstić information content (AvgIpc) is 3.01. The van der Waals surface area contributed by atoms with E-state index in [1.54, 1.807) is 4.90 Å². The second-order valence-corrected chi connectivity index (χ2v) is 4.73. The number of nitrogens with one attached hydrogen (secondary N) is 1. The normalized spacial score (nSPS) is 29.8. The smallest absolute Gasteiger partial charge is 0.308 e. The van der Waals surface area contributed by atoms with Crippen molar-refractivity contribution in [3.05, 3.63) is 5.82 Å². The van der Waals surface area contributed by atoms with Crippen LogP contribution in [0.5, 0.6) is 0 Å². The molecule has 2 fully saturated rings. The maximum absolute atomic E-state index is 12.2. The van der Waals surface area contributed by atoms with Crippen molar-refractivity contribution in [1.82, 2.24) is 20.1 Å². The molecule has 8 nitrogen and oxygen atoms in total. The van der Waals surface area contributed by atoms with Crippen LogP contribution in [0.25, 0.3) is 0 Å². The van der Waals surface area contributed by atoms with Crippen molar-refractivity contribution in [3.8, 4) is 0 Å². The summed E-state index contributed by atoms with van der Waals surface area (Å²) in [6.07, 6.45) is 2.11. The van der Waals surface area contributed by atoms with Gasteiger partial charge in [0.15, 0.2) is 0 Å². The van der Waals surface area contributed by atoms with Gasteiger partial charge in [-0.3, -0.25) is 14.7 Å². The first kappa shape index (κ1) is 11.0. The number of nitrogens with zero attached hydrogens (tertiary/aromatic N) is 3. The van der Waals surface area contributed by atoms with Gasteiger partial charge in [0, 0.05) is 12.1 Å². The first-order chi connectivity index (χ1) is 8.58. The molecule has 1 amide bonds. The Morgan fingerprint density at radius 3 is 2.78 bits per heavy atom. The number of anilines is 1. The Hall–Kier alpha value is -2.12. The molecule has 1 aromatic rings. The van der Waals surface area contributed by atoms with Crippen molar-refractivity contribution in [2.24, 2.45) is 5.92 Å². The number of aromatic nitrogens is 3. The molecule has 0 saturated carbocycles. The number of aliphatic carboxylic acids is 1. The van der Waals surface area contributed by atoms with Crippen molar-refractivity contribution in [2.75, 3.05) is 5.73 Å². The molecule has 2 saturated heterocycles. The van der Waals surface area contributed by atoms with Gasteiger partial charge in [0.05, 0.1) is 5.92 Å². The number of carboxylic acid groups (broad SMARTS) is 1. The zero-order valence-corrected chi connectivity index (χ0v) is 9.54. The minimum atomic E-state index is -0.836. The van der Waals surface area contributed by atoms with Crippen LogP contribution in [0.2, 0.25) is 0 Å². The molecule has 2 aliphatic heterocycles. The number of carbonyl (C=O) groups excluding carboxylic acids is 1. The van der Waals surface area contributed by atoms with Crippen LogP contribution in [0.1, 0.15) is 29.9 Å². The number of hydrogen-bond donors (Lipinski definition) is 3. The Morgan fingerprint density at radius 2 is 2.22 bits per heavy atom. The highest BCUT2D eigenvalue weighted by atomic mass is 16.4. The number of nitrogen functional groups attached to an aromatic ring is 1. The number of amides is 1.